The molecule has 0 radical (unpaired) electrons. The molecule has 4 rings (SSSR count). The number of hydrogen-bond acceptors (Lipinski definition) is 9. The molecule has 0 aliphatic carbocycles. The van der Waals surface area contributed by atoms with E-state index in [2.05, 4.69) is 5.32 Å². The summed E-state index contributed by atoms with van der Waals surface area (Å²) in [5.41, 5.74) is 1.04. The number of nitrogens with one attached hydrogen (secondary N) is 1. The number of carbonyl (C=O) groups is 3. The fourth-order valence-electron chi connectivity index (χ4n) is 3.53. The van der Waals surface area contributed by atoms with E-state index >= 15 is 0 Å². The number of benzene rings is 3. The number of para-hydroxylation sites is 2. The van der Waals surface area contributed by atoms with Gasteiger partial charge in [-0.1, -0.05) is 24.3 Å². The molecule has 39 heavy (non-hydrogen) atoms. The van der Waals surface area contributed by atoms with E-state index in [4.69, 9.17) is 13.7 Å². The van der Waals surface area contributed by atoms with E-state index in [9.17, 15) is 22.8 Å². The van der Waals surface area contributed by atoms with Gasteiger partial charge in [0.25, 0.3) is 11.1 Å². The molecule has 202 valence electrons. The number of carbonyl (C=O) groups excluding carboxylic acids is 3. The molecular weight excluding hydrogens is 544 g/mol. The van der Waals surface area contributed by atoms with Crippen molar-refractivity contribution in [2.75, 3.05) is 25.6 Å². The van der Waals surface area contributed by atoms with Crippen LogP contribution in [0.15, 0.2) is 82.6 Å². The summed E-state index contributed by atoms with van der Waals surface area (Å²) in [6.07, 6.45) is 1.55. The Morgan fingerprint density at radius 3 is 2.28 bits per heavy atom. The first-order valence-corrected chi connectivity index (χ1v) is 13.8. The number of hydrogen-bond donors (Lipinski definition) is 1. The summed E-state index contributed by atoms with van der Waals surface area (Å²) < 4.78 is 41.3. The third kappa shape index (κ3) is 6.98. The smallest absolute Gasteiger partial charge is 0.339 e. The lowest BCUT2D eigenvalue weighted by molar-refractivity contribution is -0.123. The monoisotopic (exact) mass is 568 g/mol. The highest BCUT2D eigenvalue weighted by molar-refractivity contribution is 8.18. The molecule has 12 heteroatoms. The minimum Gasteiger partial charge on any atom is -0.493 e. The molecule has 10 nitrogen and oxygen atoms in total. The molecule has 3 amide bonds. The summed E-state index contributed by atoms with van der Waals surface area (Å²) in [6.45, 7) is 1.52. The lowest BCUT2D eigenvalue weighted by Gasteiger charge is -2.14. The highest BCUT2D eigenvalue weighted by atomic mass is 32.2. The molecule has 3 aromatic rings. The summed E-state index contributed by atoms with van der Waals surface area (Å²) in [6, 6.07) is 18.7. The molecule has 0 aromatic heterocycles. The molecule has 1 aliphatic rings. The van der Waals surface area contributed by atoms with Gasteiger partial charge in [0.05, 0.1) is 18.6 Å². The van der Waals surface area contributed by atoms with Crippen LogP contribution in [-0.4, -0.2) is 50.6 Å². The first-order chi connectivity index (χ1) is 18.7. The van der Waals surface area contributed by atoms with Crippen molar-refractivity contribution in [2.45, 2.75) is 11.8 Å². The summed E-state index contributed by atoms with van der Waals surface area (Å²) in [5, 5.41) is 2.15. The first kappa shape index (κ1) is 27.7. The summed E-state index contributed by atoms with van der Waals surface area (Å²) in [5.74, 6) is 0.407. The Bertz CT molecular complexity index is 1520. The summed E-state index contributed by atoms with van der Waals surface area (Å²) >= 11 is 0.812. The number of imide groups is 1. The van der Waals surface area contributed by atoms with Crippen molar-refractivity contribution in [3.63, 3.8) is 0 Å². The predicted octanol–water partition coefficient (Wildman–Crippen LogP) is 4.54. The van der Waals surface area contributed by atoms with Crippen molar-refractivity contribution >= 4 is 50.7 Å². The van der Waals surface area contributed by atoms with Gasteiger partial charge in [0.2, 0.25) is 5.91 Å². The lowest BCUT2D eigenvalue weighted by Crippen LogP contribution is -2.32. The molecule has 0 atom stereocenters. The van der Waals surface area contributed by atoms with E-state index < -0.39 is 21.3 Å². The number of nitrogens with zero attached hydrogens (tertiary/aromatic N) is 1. The third-order valence-electron chi connectivity index (χ3n) is 5.36. The fraction of sp³-hybridized carbons (Fsp3) is 0.148. The van der Waals surface area contributed by atoms with E-state index in [1.54, 1.807) is 42.5 Å². The van der Waals surface area contributed by atoms with Crippen LogP contribution in [0.25, 0.3) is 6.08 Å². The molecule has 1 saturated heterocycles. The van der Waals surface area contributed by atoms with Gasteiger partial charge in [0.1, 0.15) is 17.3 Å². The Hall–Kier alpha value is -4.29. The average Bonchev–Trinajstić information content (AvgIpc) is 3.17. The van der Waals surface area contributed by atoms with Crippen molar-refractivity contribution in [2.24, 2.45) is 0 Å². The number of rotatable bonds is 10. The molecule has 1 heterocycles. The quantitative estimate of drug-likeness (QED) is 0.277. The van der Waals surface area contributed by atoms with Gasteiger partial charge in [0, 0.05) is 12.6 Å². The first-order valence-electron chi connectivity index (χ1n) is 11.6. The van der Waals surface area contributed by atoms with E-state index in [1.165, 1.54) is 50.4 Å². The maximum Gasteiger partial charge on any atom is 0.339 e. The van der Waals surface area contributed by atoms with E-state index in [0.717, 1.165) is 16.7 Å². The molecule has 0 unspecified atom stereocenters. The SMILES string of the molecule is COc1ccccc1OCCN1C(=O)S/C(=C\c2ccc(OS(=O)(=O)c3ccc(NC(C)=O)cc3)cc2)C1=O. The van der Waals surface area contributed by atoms with Crippen LogP contribution < -0.4 is 19.0 Å². The minimum absolute atomic E-state index is 0.0660. The highest BCUT2D eigenvalue weighted by Crippen LogP contribution is 2.33. The average molecular weight is 569 g/mol. The molecule has 0 spiro atoms. The van der Waals surface area contributed by atoms with Crippen molar-refractivity contribution in [1.29, 1.82) is 0 Å². The number of methoxy groups -OCH3 is 1. The van der Waals surface area contributed by atoms with Crippen molar-refractivity contribution in [1.82, 2.24) is 4.90 Å². The van der Waals surface area contributed by atoms with E-state index in [-0.39, 0.29) is 34.6 Å². The molecule has 0 saturated carbocycles. The molecule has 3 aromatic carbocycles. The molecular formula is C27H24N2O8S2. The number of amides is 3. The molecule has 1 fully saturated rings. The second kappa shape index (κ2) is 12.0. The molecule has 1 aliphatic heterocycles. The van der Waals surface area contributed by atoms with E-state index in [0.29, 0.717) is 22.7 Å². The maximum absolute atomic E-state index is 12.8. The van der Waals surface area contributed by atoms with Crippen LogP contribution in [-0.2, 0) is 19.7 Å². The Balaban J connectivity index is 1.37. The summed E-state index contributed by atoms with van der Waals surface area (Å²) in [7, 11) is -2.58. The lowest BCUT2D eigenvalue weighted by atomic mass is 10.2. The second-order valence-corrected chi connectivity index (χ2v) is 10.7. The van der Waals surface area contributed by atoms with Crippen molar-refractivity contribution < 1.29 is 36.5 Å². The summed E-state index contributed by atoms with van der Waals surface area (Å²) in [4.78, 5) is 37.6. The largest absolute Gasteiger partial charge is 0.493 e. The molecule has 0 bridgehead atoms. The van der Waals surface area contributed by atoms with Gasteiger partial charge < -0.3 is 19.0 Å². The number of thioether (sulfide) groups is 1. The van der Waals surface area contributed by atoms with Gasteiger partial charge in [0.15, 0.2) is 11.5 Å². The zero-order valence-electron chi connectivity index (χ0n) is 20.9. The van der Waals surface area contributed by atoms with Crippen LogP contribution in [0.2, 0.25) is 0 Å². The maximum atomic E-state index is 12.8. The standard InChI is InChI=1S/C27H24N2O8S2/c1-18(30)28-20-9-13-22(14-10-20)39(33,34)37-21-11-7-19(8-12-21)17-25-26(31)29(27(32)38-25)15-16-36-24-6-4-3-5-23(24)35-2/h3-14,17H,15-16H2,1-2H3,(H,28,30)/b25-17-. The fourth-order valence-corrected chi connectivity index (χ4v) is 5.33. The topological polar surface area (TPSA) is 128 Å². The van der Waals surface area contributed by atoms with Gasteiger partial charge in [-0.25, -0.2) is 0 Å². The minimum atomic E-state index is -4.11. The Kier molecular flexibility index (Phi) is 8.57. The van der Waals surface area contributed by atoms with Crippen LogP contribution in [0.5, 0.6) is 17.2 Å². The highest BCUT2D eigenvalue weighted by Gasteiger charge is 2.34. The van der Waals surface area contributed by atoms with Gasteiger partial charge >= 0.3 is 10.1 Å². The van der Waals surface area contributed by atoms with Gasteiger partial charge in [-0.3, -0.25) is 19.3 Å². The zero-order valence-corrected chi connectivity index (χ0v) is 22.6. The zero-order chi connectivity index (χ0) is 28.0. The van der Waals surface area contributed by atoms with Crippen molar-refractivity contribution in [3.05, 3.63) is 83.3 Å². The van der Waals surface area contributed by atoms with Crippen LogP contribution in [0.3, 0.4) is 0 Å². The van der Waals surface area contributed by atoms with Crippen LogP contribution >= 0.6 is 11.8 Å². The van der Waals surface area contributed by atoms with Gasteiger partial charge in [-0.15, -0.1) is 0 Å². The second-order valence-electron chi connectivity index (χ2n) is 8.14. The van der Waals surface area contributed by atoms with Crippen LogP contribution in [0, 0.1) is 0 Å². The normalized spacial score (nSPS) is 14.4. The molecule has 1 N–H and O–H groups in total. The van der Waals surface area contributed by atoms with Gasteiger partial charge in [-0.2, -0.15) is 8.42 Å². The van der Waals surface area contributed by atoms with Crippen LogP contribution in [0.4, 0.5) is 10.5 Å². The van der Waals surface area contributed by atoms with Crippen molar-refractivity contribution in [3.8, 4) is 17.2 Å². The number of anilines is 1. The Morgan fingerprint density at radius 2 is 1.64 bits per heavy atom. The third-order valence-corrected chi connectivity index (χ3v) is 7.53. The number of ether oxygens (including phenoxy) is 2. The van der Waals surface area contributed by atoms with E-state index in [1.807, 2.05) is 0 Å². The van der Waals surface area contributed by atoms with Crippen LogP contribution in [0.1, 0.15) is 12.5 Å². The van der Waals surface area contributed by atoms with Gasteiger partial charge in [-0.05, 0) is 71.9 Å². The Labute approximate surface area is 229 Å². The predicted molar refractivity (Wildman–Crippen MR) is 146 cm³/mol. The Morgan fingerprint density at radius 1 is 0.974 bits per heavy atom.